The van der Waals surface area contributed by atoms with Crippen LogP contribution in [-0.2, 0) is 0 Å². The van der Waals surface area contributed by atoms with Crippen LogP contribution in [0.1, 0.15) is 246 Å². The Morgan fingerprint density at radius 2 is 0.366 bits per heavy atom. The molecule has 0 aromatic rings. The summed E-state index contributed by atoms with van der Waals surface area (Å²) in [5.74, 6) is 0. The van der Waals surface area contributed by atoms with Crippen molar-refractivity contribution in [2.45, 2.75) is 253 Å². The first-order valence-electron chi connectivity index (χ1n) is 20.2. The molecular formula is C40H83In-. The van der Waals surface area contributed by atoms with Crippen molar-refractivity contribution in [2.75, 3.05) is 0 Å². The van der Waals surface area contributed by atoms with Gasteiger partial charge in [-0.3, -0.25) is 0 Å². The molecule has 0 amide bonds. The molecule has 0 spiro atoms. The number of rotatable bonds is 38. The molecule has 0 heterocycles. The summed E-state index contributed by atoms with van der Waals surface area (Å²) in [6, 6.07) is 0. The Labute approximate surface area is 276 Å². The Morgan fingerprint density at radius 1 is 0.220 bits per heavy atom. The molecule has 0 bridgehead atoms. The van der Waals surface area contributed by atoms with E-state index in [1.807, 2.05) is 0 Å². The molecular weight excluding hydrogens is 595 g/mol. The molecule has 0 N–H and O–H groups in total. The number of hydrogen-bond acceptors (Lipinski definition) is 0. The Morgan fingerprint density at radius 3 is 0.537 bits per heavy atom. The quantitative estimate of drug-likeness (QED) is 0.0570. The molecule has 0 atom stereocenters. The van der Waals surface area contributed by atoms with E-state index in [1.54, 1.807) is 34.0 Å². The fourth-order valence-corrected chi connectivity index (χ4v) is 10.6. The van der Waals surface area contributed by atoms with E-state index >= 15 is 0 Å². The van der Waals surface area contributed by atoms with Gasteiger partial charge in [0.2, 0.25) is 0 Å². The van der Waals surface area contributed by atoms with E-state index in [2.05, 4.69) is 13.8 Å². The van der Waals surface area contributed by atoms with E-state index in [-0.39, 0.29) is 24.3 Å². The van der Waals surface area contributed by atoms with Gasteiger partial charge in [0, 0.05) is 0 Å². The second-order valence-electron chi connectivity index (χ2n) is 13.9. The van der Waals surface area contributed by atoms with Gasteiger partial charge in [-0.25, -0.2) is 0 Å². The SMILES string of the molecule is CCCCCCCCCCCCCCCCCCC[CH2][In][CH2]CCCCCCCCCCCCCCCCCCC.[H-]. The Hall–Kier alpha value is 0.870. The average molecular weight is 679 g/mol. The molecule has 1 radical (unpaired) electrons. The standard InChI is InChI=1S/2C20H41.In.H/c2*1-3-5-7-9-11-13-15-17-19-20-18-16-14-12-10-8-6-4-2;;/h2*1,3-20H2,2H3;;/q;;;-1. The monoisotopic (exact) mass is 679 g/mol. The van der Waals surface area contributed by atoms with Gasteiger partial charge in [-0.15, -0.1) is 0 Å². The van der Waals surface area contributed by atoms with Gasteiger partial charge < -0.3 is 1.43 Å². The van der Waals surface area contributed by atoms with Crippen LogP contribution < -0.4 is 0 Å². The van der Waals surface area contributed by atoms with Crippen molar-refractivity contribution in [2.24, 2.45) is 0 Å². The van der Waals surface area contributed by atoms with Crippen LogP contribution in [0.25, 0.3) is 0 Å². The summed E-state index contributed by atoms with van der Waals surface area (Å²) in [7, 11) is 0. The summed E-state index contributed by atoms with van der Waals surface area (Å²) < 4.78 is 3.38. The maximum absolute atomic E-state index is 2.31. The Kier molecular flexibility index (Phi) is 41.7. The van der Waals surface area contributed by atoms with E-state index in [0.717, 1.165) is 0 Å². The van der Waals surface area contributed by atoms with Crippen LogP contribution in [0.3, 0.4) is 0 Å². The van der Waals surface area contributed by atoms with Crippen molar-refractivity contribution in [3.05, 3.63) is 0 Å². The molecule has 0 saturated heterocycles. The van der Waals surface area contributed by atoms with Crippen LogP contribution in [0.15, 0.2) is 0 Å². The second-order valence-corrected chi connectivity index (χ2v) is 18.8. The minimum atomic E-state index is -0.172. The fraction of sp³-hybridized carbons (Fsp3) is 1.00. The summed E-state index contributed by atoms with van der Waals surface area (Å²) in [5.41, 5.74) is 0. The van der Waals surface area contributed by atoms with Crippen LogP contribution >= 0.6 is 0 Å². The van der Waals surface area contributed by atoms with E-state index in [1.165, 1.54) is 205 Å². The van der Waals surface area contributed by atoms with Crippen molar-refractivity contribution in [1.82, 2.24) is 0 Å². The zero-order valence-electron chi connectivity index (χ0n) is 30.4. The smallest absolute Gasteiger partial charge is 1.00 e. The number of unbranched alkanes of at least 4 members (excludes halogenated alkanes) is 34. The van der Waals surface area contributed by atoms with Gasteiger partial charge in [0.05, 0.1) is 0 Å². The van der Waals surface area contributed by atoms with Gasteiger partial charge >= 0.3 is 173 Å². The molecule has 0 aliphatic heterocycles. The minimum Gasteiger partial charge on any atom is -1.00 e. The third-order valence-electron chi connectivity index (χ3n) is 9.52. The van der Waals surface area contributed by atoms with E-state index in [0.29, 0.717) is 0 Å². The minimum absolute atomic E-state index is 0. The molecule has 0 aromatic carbocycles. The van der Waals surface area contributed by atoms with Gasteiger partial charge in [0.25, 0.3) is 0 Å². The van der Waals surface area contributed by atoms with E-state index in [9.17, 15) is 0 Å². The molecule has 1 heteroatoms. The summed E-state index contributed by atoms with van der Waals surface area (Å²) in [4.78, 5) is 0. The molecule has 0 unspecified atom stereocenters. The van der Waals surface area contributed by atoms with Crippen LogP contribution in [0, 0.1) is 0 Å². The first kappa shape index (κ1) is 41.9. The van der Waals surface area contributed by atoms with Crippen molar-refractivity contribution >= 4 is 22.9 Å². The van der Waals surface area contributed by atoms with E-state index < -0.39 is 0 Å². The first-order chi connectivity index (χ1) is 20.4. The average Bonchev–Trinajstić information content (AvgIpc) is 2.98. The predicted molar refractivity (Wildman–Crippen MR) is 194 cm³/mol. The molecule has 0 aromatic heterocycles. The molecule has 247 valence electrons. The third kappa shape index (κ3) is 40.9. The van der Waals surface area contributed by atoms with Crippen LogP contribution in [0.2, 0.25) is 8.35 Å². The molecule has 0 saturated carbocycles. The third-order valence-corrected chi connectivity index (χ3v) is 14.2. The normalized spacial score (nSPS) is 11.5. The molecule has 0 fully saturated rings. The van der Waals surface area contributed by atoms with Crippen molar-refractivity contribution in [3.8, 4) is 0 Å². The van der Waals surface area contributed by atoms with Crippen LogP contribution in [-0.4, -0.2) is 22.9 Å². The van der Waals surface area contributed by atoms with Crippen molar-refractivity contribution in [1.29, 1.82) is 0 Å². The summed E-state index contributed by atoms with van der Waals surface area (Å²) >= 11 is -0.172. The zero-order chi connectivity index (χ0) is 29.6. The first-order valence-corrected chi connectivity index (χ1v) is 24.9. The van der Waals surface area contributed by atoms with Crippen LogP contribution in [0.5, 0.6) is 0 Å². The van der Waals surface area contributed by atoms with Gasteiger partial charge in [-0.1, -0.05) is 104 Å². The van der Waals surface area contributed by atoms with Gasteiger partial charge in [-0.05, 0) is 0 Å². The van der Waals surface area contributed by atoms with Crippen molar-refractivity contribution in [3.63, 3.8) is 0 Å². The Bertz CT molecular complexity index is 388. The molecule has 0 rings (SSSR count). The van der Waals surface area contributed by atoms with Crippen LogP contribution in [0.4, 0.5) is 0 Å². The molecule has 0 aliphatic rings. The topological polar surface area (TPSA) is 0 Å². The fourth-order valence-electron chi connectivity index (χ4n) is 6.52. The second kappa shape index (κ2) is 40.9. The van der Waals surface area contributed by atoms with Gasteiger partial charge in [-0.2, -0.15) is 0 Å². The predicted octanol–water partition coefficient (Wildman–Crippen LogP) is 15.7. The summed E-state index contributed by atoms with van der Waals surface area (Å²) in [6.07, 6.45) is 53.9. The summed E-state index contributed by atoms with van der Waals surface area (Å²) in [6.45, 7) is 4.62. The zero-order valence-corrected chi connectivity index (χ0v) is 32.7. The number of hydrogen-bond donors (Lipinski definition) is 0. The molecule has 41 heavy (non-hydrogen) atoms. The van der Waals surface area contributed by atoms with Gasteiger partial charge in [0.15, 0.2) is 0 Å². The maximum atomic E-state index is 2.31. The van der Waals surface area contributed by atoms with E-state index in [4.69, 9.17) is 0 Å². The molecule has 0 nitrogen and oxygen atoms in total. The van der Waals surface area contributed by atoms with Crippen molar-refractivity contribution < 1.29 is 1.43 Å². The van der Waals surface area contributed by atoms with Gasteiger partial charge in [0.1, 0.15) is 0 Å². The molecule has 0 aliphatic carbocycles. The summed E-state index contributed by atoms with van der Waals surface area (Å²) in [5, 5.41) is 0. The Balaban J connectivity index is 0.